The molecule has 8 heteroatoms. The van der Waals surface area contributed by atoms with Crippen LogP contribution in [0.1, 0.15) is 6.92 Å². The minimum Gasteiger partial charge on any atom is -0.326 e. The van der Waals surface area contributed by atoms with Crippen molar-refractivity contribution in [3.63, 3.8) is 0 Å². The van der Waals surface area contributed by atoms with Crippen molar-refractivity contribution in [2.45, 2.75) is 17.9 Å². The highest BCUT2D eigenvalue weighted by atomic mass is 79.9. The molecule has 0 saturated carbocycles. The van der Waals surface area contributed by atoms with Gasteiger partial charge in [0.1, 0.15) is 5.82 Å². The molecule has 0 radical (unpaired) electrons. The van der Waals surface area contributed by atoms with Crippen LogP contribution in [0, 0.1) is 11.7 Å². The van der Waals surface area contributed by atoms with Gasteiger partial charge >= 0.3 is 0 Å². The van der Waals surface area contributed by atoms with Gasteiger partial charge in [0, 0.05) is 19.1 Å². The van der Waals surface area contributed by atoms with Gasteiger partial charge in [-0.05, 0) is 40.0 Å². The maximum Gasteiger partial charge on any atom is 0.243 e. The minimum absolute atomic E-state index is 0. The minimum atomic E-state index is -3.65. The van der Waals surface area contributed by atoms with Crippen LogP contribution in [-0.4, -0.2) is 31.9 Å². The summed E-state index contributed by atoms with van der Waals surface area (Å²) in [6.45, 7) is 2.56. The Morgan fingerprint density at radius 1 is 1.42 bits per heavy atom. The Morgan fingerprint density at radius 3 is 2.53 bits per heavy atom. The summed E-state index contributed by atoms with van der Waals surface area (Å²) >= 11 is 3.00. The molecule has 2 atom stereocenters. The molecule has 108 valence electrons. The van der Waals surface area contributed by atoms with Crippen molar-refractivity contribution in [2.24, 2.45) is 11.7 Å². The predicted molar refractivity (Wildman–Crippen MR) is 77.2 cm³/mol. The van der Waals surface area contributed by atoms with Crippen molar-refractivity contribution in [1.29, 1.82) is 0 Å². The normalized spacial score (nSPS) is 24.2. The van der Waals surface area contributed by atoms with Crippen molar-refractivity contribution >= 4 is 38.4 Å². The lowest BCUT2D eigenvalue weighted by Crippen LogP contribution is -2.32. The van der Waals surface area contributed by atoms with Crippen LogP contribution in [0.5, 0.6) is 0 Å². The lowest BCUT2D eigenvalue weighted by molar-refractivity contribution is 0.463. The van der Waals surface area contributed by atoms with Crippen LogP contribution in [-0.2, 0) is 10.0 Å². The number of halogens is 3. The molecule has 1 aromatic carbocycles. The molecule has 1 aliphatic rings. The van der Waals surface area contributed by atoms with E-state index in [1.54, 1.807) is 0 Å². The molecule has 1 fully saturated rings. The molecule has 0 spiro atoms. The Kier molecular flexibility index (Phi) is 5.36. The van der Waals surface area contributed by atoms with E-state index < -0.39 is 15.8 Å². The second-order valence-electron chi connectivity index (χ2n) is 4.54. The van der Waals surface area contributed by atoms with Gasteiger partial charge in [-0.15, -0.1) is 12.4 Å². The lowest BCUT2D eigenvalue weighted by Gasteiger charge is -2.16. The zero-order valence-corrected chi connectivity index (χ0v) is 13.4. The van der Waals surface area contributed by atoms with Gasteiger partial charge in [-0.1, -0.05) is 6.92 Å². The van der Waals surface area contributed by atoms with E-state index in [1.165, 1.54) is 16.4 Å². The summed E-state index contributed by atoms with van der Waals surface area (Å²) in [5.74, 6) is -0.479. The van der Waals surface area contributed by atoms with E-state index in [1.807, 2.05) is 6.92 Å². The van der Waals surface area contributed by atoms with Gasteiger partial charge in [-0.3, -0.25) is 0 Å². The first kappa shape index (κ1) is 16.8. The van der Waals surface area contributed by atoms with Crippen molar-refractivity contribution in [1.82, 2.24) is 4.31 Å². The van der Waals surface area contributed by atoms with Crippen LogP contribution in [0.15, 0.2) is 27.6 Å². The van der Waals surface area contributed by atoms with Crippen LogP contribution >= 0.6 is 28.3 Å². The highest BCUT2D eigenvalue weighted by molar-refractivity contribution is 9.10. The number of rotatable bonds is 2. The summed E-state index contributed by atoms with van der Waals surface area (Å²) in [4.78, 5) is -0.0375. The van der Waals surface area contributed by atoms with Crippen LogP contribution in [0.2, 0.25) is 0 Å². The van der Waals surface area contributed by atoms with Gasteiger partial charge in [0.2, 0.25) is 10.0 Å². The smallest absolute Gasteiger partial charge is 0.243 e. The fourth-order valence-electron chi connectivity index (χ4n) is 1.93. The van der Waals surface area contributed by atoms with E-state index in [-0.39, 0.29) is 40.3 Å². The SMILES string of the molecule is CC1CN(S(=O)(=O)c2ccc(Br)c(F)c2)CC1N.Cl. The zero-order valence-electron chi connectivity index (χ0n) is 10.2. The first-order valence-corrected chi connectivity index (χ1v) is 7.76. The molecule has 2 unspecified atom stereocenters. The summed E-state index contributed by atoms with van der Waals surface area (Å²) in [5, 5.41) is 0. The van der Waals surface area contributed by atoms with E-state index >= 15 is 0 Å². The van der Waals surface area contributed by atoms with Crippen molar-refractivity contribution in [3.8, 4) is 0 Å². The first-order chi connectivity index (χ1) is 8.32. The van der Waals surface area contributed by atoms with Crippen LogP contribution in [0.3, 0.4) is 0 Å². The molecule has 1 aromatic rings. The average molecular weight is 374 g/mol. The van der Waals surface area contributed by atoms with Gasteiger partial charge in [-0.2, -0.15) is 4.31 Å². The monoisotopic (exact) mass is 372 g/mol. The maximum atomic E-state index is 13.4. The molecule has 0 aliphatic carbocycles. The van der Waals surface area contributed by atoms with Gasteiger partial charge < -0.3 is 5.73 Å². The van der Waals surface area contributed by atoms with Crippen molar-refractivity contribution in [2.75, 3.05) is 13.1 Å². The van der Waals surface area contributed by atoms with Crippen LogP contribution in [0.25, 0.3) is 0 Å². The summed E-state index contributed by atoms with van der Waals surface area (Å²) in [6, 6.07) is 3.63. The number of nitrogens with zero attached hydrogens (tertiary/aromatic N) is 1. The zero-order chi connectivity index (χ0) is 13.5. The summed E-state index contributed by atoms with van der Waals surface area (Å²) < 4.78 is 39.5. The number of sulfonamides is 1. The predicted octanol–water partition coefficient (Wildman–Crippen LogP) is 1.98. The maximum absolute atomic E-state index is 13.4. The van der Waals surface area contributed by atoms with Crippen LogP contribution in [0.4, 0.5) is 4.39 Å². The topological polar surface area (TPSA) is 63.4 Å². The molecule has 2 rings (SSSR count). The van der Waals surface area contributed by atoms with E-state index in [2.05, 4.69) is 15.9 Å². The largest absolute Gasteiger partial charge is 0.326 e. The molecule has 1 saturated heterocycles. The molecular weight excluding hydrogens is 359 g/mol. The fourth-order valence-corrected chi connectivity index (χ4v) is 3.77. The second kappa shape index (κ2) is 6.05. The van der Waals surface area contributed by atoms with E-state index in [0.29, 0.717) is 6.54 Å². The summed E-state index contributed by atoms with van der Waals surface area (Å²) in [7, 11) is -3.65. The molecule has 19 heavy (non-hydrogen) atoms. The number of hydrogen-bond acceptors (Lipinski definition) is 3. The fraction of sp³-hybridized carbons (Fsp3) is 0.455. The highest BCUT2D eigenvalue weighted by Gasteiger charge is 2.35. The Morgan fingerprint density at radius 2 is 2.05 bits per heavy atom. The first-order valence-electron chi connectivity index (χ1n) is 5.53. The Balaban J connectivity index is 0.00000180. The molecule has 0 amide bonds. The molecule has 0 aromatic heterocycles. The van der Waals surface area contributed by atoms with Gasteiger partial charge in [0.05, 0.1) is 9.37 Å². The molecular formula is C11H15BrClFN2O2S. The highest BCUT2D eigenvalue weighted by Crippen LogP contribution is 2.26. The Bertz CT molecular complexity index is 560. The Labute approximate surface area is 126 Å². The third-order valence-corrected chi connectivity index (χ3v) is 5.64. The molecule has 4 nitrogen and oxygen atoms in total. The van der Waals surface area contributed by atoms with Crippen molar-refractivity contribution in [3.05, 3.63) is 28.5 Å². The Hall–Kier alpha value is -0.210. The molecule has 1 heterocycles. The van der Waals surface area contributed by atoms with Gasteiger partial charge in [0.15, 0.2) is 0 Å². The number of benzene rings is 1. The van der Waals surface area contributed by atoms with E-state index in [4.69, 9.17) is 5.73 Å². The van der Waals surface area contributed by atoms with Crippen LogP contribution < -0.4 is 5.73 Å². The van der Waals surface area contributed by atoms with Crippen molar-refractivity contribution < 1.29 is 12.8 Å². The van der Waals surface area contributed by atoms with E-state index in [9.17, 15) is 12.8 Å². The second-order valence-corrected chi connectivity index (χ2v) is 7.33. The average Bonchev–Trinajstić information content (AvgIpc) is 2.64. The molecule has 0 bridgehead atoms. The third kappa shape index (κ3) is 3.28. The van der Waals surface area contributed by atoms with Gasteiger partial charge in [0.25, 0.3) is 0 Å². The van der Waals surface area contributed by atoms with E-state index in [0.717, 1.165) is 6.07 Å². The number of hydrogen-bond donors (Lipinski definition) is 1. The lowest BCUT2D eigenvalue weighted by atomic mass is 10.1. The molecule has 2 N–H and O–H groups in total. The number of nitrogens with two attached hydrogens (primary N) is 1. The molecule has 1 aliphatic heterocycles. The summed E-state index contributed by atoms with van der Waals surface area (Å²) in [5.41, 5.74) is 5.81. The third-order valence-electron chi connectivity index (χ3n) is 3.17. The summed E-state index contributed by atoms with van der Waals surface area (Å²) in [6.07, 6.45) is 0. The quantitative estimate of drug-likeness (QED) is 0.862. The standard InChI is InChI=1S/C11H14BrFN2O2S.ClH/c1-7-5-15(6-11(7)14)18(16,17)8-2-3-9(12)10(13)4-8;/h2-4,7,11H,5-6,14H2,1H3;1H. The van der Waals surface area contributed by atoms with Gasteiger partial charge in [-0.25, -0.2) is 12.8 Å².